The van der Waals surface area contributed by atoms with Crippen LogP contribution in [0, 0.1) is 16.7 Å². The Kier molecular flexibility index (Phi) is 9.27. The smallest absolute Gasteiger partial charge is 0.0621 e. The fraction of sp³-hybridized carbons (Fsp3) is 0.923. The van der Waals surface area contributed by atoms with Crippen molar-refractivity contribution in [1.82, 2.24) is 5.32 Å². The second kappa shape index (κ2) is 9.62. The lowest BCUT2D eigenvalue weighted by Crippen LogP contribution is -2.30. The molecule has 0 aromatic rings. The zero-order chi connectivity index (χ0) is 12.3. The molecular formula is C13H26N2O. The summed E-state index contributed by atoms with van der Waals surface area (Å²) in [4.78, 5) is 0. The van der Waals surface area contributed by atoms with Crippen LogP contribution in [0.25, 0.3) is 0 Å². The van der Waals surface area contributed by atoms with Crippen molar-refractivity contribution in [1.29, 1.82) is 5.26 Å². The van der Waals surface area contributed by atoms with Crippen molar-refractivity contribution in [3.8, 4) is 6.07 Å². The predicted octanol–water partition coefficient (Wildman–Crippen LogP) is 2.72. The third kappa shape index (κ3) is 9.95. The van der Waals surface area contributed by atoms with Gasteiger partial charge in [0.25, 0.3) is 0 Å². The van der Waals surface area contributed by atoms with Crippen molar-refractivity contribution in [3.05, 3.63) is 0 Å². The molecule has 0 bridgehead atoms. The average molecular weight is 226 g/mol. The topological polar surface area (TPSA) is 45.0 Å². The van der Waals surface area contributed by atoms with Crippen LogP contribution in [0.15, 0.2) is 0 Å². The first-order valence-corrected chi connectivity index (χ1v) is 6.19. The van der Waals surface area contributed by atoms with E-state index in [0.717, 1.165) is 32.5 Å². The number of hydrogen-bond acceptors (Lipinski definition) is 3. The summed E-state index contributed by atoms with van der Waals surface area (Å²) in [6.07, 6.45) is 5.20. The molecule has 0 aromatic heterocycles. The monoisotopic (exact) mass is 226 g/mol. The zero-order valence-electron chi connectivity index (χ0n) is 11.0. The zero-order valence-corrected chi connectivity index (χ0v) is 11.0. The average Bonchev–Trinajstić information content (AvgIpc) is 2.25. The maximum Gasteiger partial charge on any atom is 0.0621 e. The van der Waals surface area contributed by atoms with Crippen LogP contribution >= 0.6 is 0 Å². The Bertz CT molecular complexity index is 197. The number of nitrogens with one attached hydrogen (secondary N) is 1. The largest absolute Gasteiger partial charge is 0.385 e. The number of nitriles is 1. The maximum absolute atomic E-state index is 8.54. The third-order valence-electron chi connectivity index (χ3n) is 2.72. The first-order valence-electron chi connectivity index (χ1n) is 6.19. The van der Waals surface area contributed by atoms with Gasteiger partial charge in [-0.2, -0.15) is 5.26 Å². The fourth-order valence-corrected chi connectivity index (χ4v) is 1.58. The Morgan fingerprint density at radius 3 is 2.62 bits per heavy atom. The normalized spacial score (nSPS) is 11.4. The Hall–Kier alpha value is -0.590. The molecule has 3 heteroatoms. The maximum atomic E-state index is 8.54. The van der Waals surface area contributed by atoms with E-state index in [-0.39, 0.29) is 5.41 Å². The molecule has 16 heavy (non-hydrogen) atoms. The van der Waals surface area contributed by atoms with E-state index in [1.807, 2.05) is 0 Å². The van der Waals surface area contributed by atoms with Crippen LogP contribution in [0.5, 0.6) is 0 Å². The van der Waals surface area contributed by atoms with Gasteiger partial charge in [-0.25, -0.2) is 0 Å². The number of nitrogens with zero attached hydrogens (tertiary/aromatic N) is 1. The molecule has 0 fully saturated rings. The van der Waals surface area contributed by atoms with Gasteiger partial charge < -0.3 is 10.1 Å². The lowest BCUT2D eigenvalue weighted by Gasteiger charge is -2.23. The Balaban J connectivity index is 3.33. The van der Waals surface area contributed by atoms with E-state index in [2.05, 4.69) is 25.2 Å². The lowest BCUT2D eigenvalue weighted by atomic mass is 9.88. The van der Waals surface area contributed by atoms with Crippen LogP contribution in [0.3, 0.4) is 0 Å². The summed E-state index contributed by atoms with van der Waals surface area (Å²) in [5, 5.41) is 12.0. The fourth-order valence-electron chi connectivity index (χ4n) is 1.58. The van der Waals surface area contributed by atoms with Gasteiger partial charge in [0, 0.05) is 26.7 Å². The van der Waals surface area contributed by atoms with E-state index in [9.17, 15) is 0 Å². The second-order valence-electron chi connectivity index (χ2n) is 5.05. The number of rotatable bonds is 10. The minimum atomic E-state index is 0.238. The molecule has 0 heterocycles. The summed E-state index contributed by atoms with van der Waals surface area (Å²) >= 11 is 0. The molecule has 0 atom stereocenters. The molecule has 0 spiro atoms. The highest BCUT2D eigenvalue weighted by atomic mass is 16.5. The molecule has 0 saturated carbocycles. The molecule has 0 aliphatic rings. The van der Waals surface area contributed by atoms with E-state index >= 15 is 0 Å². The van der Waals surface area contributed by atoms with Gasteiger partial charge in [-0.1, -0.05) is 13.8 Å². The van der Waals surface area contributed by atoms with Crippen LogP contribution in [0.1, 0.15) is 46.0 Å². The number of methoxy groups -OCH3 is 1. The first kappa shape index (κ1) is 15.4. The minimum absolute atomic E-state index is 0.238. The standard InChI is InChI=1S/C13H26N2O/c1-13(2,8-7-9-14)12-15-10-5-4-6-11-16-3/h15H,4-8,10-12H2,1-3H3. The minimum Gasteiger partial charge on any atom is -0.385 e. The van der Waals surface area contributed by atoms with Gasteiger partial charge in [0.1, 0.15) is 0 Å². The van der Waals surface area contributed by atoms with Crippen LogP contribution in [0.4, 0.5) is 0 Å². The summed E-state index contributed by atoms with van der Waals surface area (Å²) < 4.78 is 5.00. The van der Waals surface area contributed by atoms with Crippen molar-refractivity contribution in [2.45, 2.75) is 46.0 Å². The van der Waals surface area contributed by atoms with E-state index in [0.29, 0.717) is 6.42 Å². The van der Waals surface area contributed by atoms with E-state index in [1.54, 1.807) is 7.11 Å². The summed E-state index contributed by atoms with van der Waals surface area (Å²) in [6, 6.07) is 2.21. The van der Waals surface area contributed by atoms with Crippen molar-refractivity contribution >= 4 is 0 Å². The second-order valence-corrected chi connectivity index (χ2v) is 5.05. The van der Waals surface area contributed by atoms with Crippen LogP contribution in [0.2, 0.25) is 0 Å². The number of hydrogen-bond donors (Lipinski definition) is 1. The Labute approximate surface area is 100 Å². The molecule has 94 valence electrons. The first-order chi connectivity index (χ1) is 7.62. The molecule has 0 radical (unpaired) electrons. The highest BCUT2D eigenvalue weighted by Gasteiger charge is 2.16. The molecule has 0 aliphatic carbocycles. The molecular weight excluding hydrogens is 200 g/mol. The van der Waals surface area contributed by atoms with Crippen molar-refractivity contribution < 1.29 is 4.74 Å². The SMILES string of the molecule is COCCCCCNCC(C)(C)CCC#N. The molecule has 3 nitrogen and oxygen atoms in total. The predicted molar refractivity (Wildman–Crippen MR) is 67.2 cm³/mol. The van der Waals surface area contributed by atoms with Crippen LogP contribution in [-0.4, -0.2) is 26.8 Å². The van der Waals surface area contributed by atoms with Gasteiger partial charge in [0.15, 0.2) is 0 Å². The number of ether oxygens (including phenoxy) is 1. The Morgan fingerprint density at radius 1 is 1.25 bits per heavy atom. The number of unbranched alkanes of at least 4 members (excludes halogenated alkanes) is 2. The van der Waals surface area contributed by atoms with Gasteiger partial charge in [-0.15, -0.1) is 0 Å². The Morgan fingerprint density at radius 2 is 2.00 bits per heavy atom. The third-order valence-corrected chi connectivity index (χ3v) is 2.72. The summed E-state index contributed by atoms with van der Waals surface area (Å²) in [6.45, 7) is 7.36. The van der Waals surface area contributed by atoms with Crippen LogP contribution in [-0.2, 0) is 4.74 Å². The van der Waals surface area contributed by atoms with E-state index in [1.165, 1.54) is 12.8 Å². The summed E-state index contributed by atoms with van der Waals surface area (Å²) in [5.41, 5.74) is 0.238. The summed E-state index contributed by atoms with van der Waals surface area (Å²) in [5.74, 6) is 0. The van der Waals surface area contributed by atoms with E-state index in [4.69, 9.17) is 10.00 Å². The quantitative estimate of drug-likeness (QED) is 0.583. The van der Waals surface area contributed by atoms with Gasteiger partial charge in [0.05, 0.1) is 6.07 Å². The van der Waals surface area contributed by atoms with Gasteiger partial charge in [0.2, 0.25) is 0 Å². The molecule has 0 aromatic carbocycles. The van der Waals surface area contributed by atoms with E-state index < -0.39 is 0 Å². The highest BCUT2D eigenvalue weighted by Crippen LogP contribution is 2.20. The highest BCUT2D eigenvalue weighted by molar-refractivity contribution is 4.78. The van der Waals surface area contributed by atoms with Gasteiger partial charge in [-0.05, 0) is 37.6 Å². The lowest BCUT2D eigenvalue weighted by molar-refractivity contribution is 0.192. The van der Waals surface area contributed by atoms with Crippen molar-refractivity contribution in [2.24, 2.45) is 5.41 Å². The van der Waals surface area contributed by atoms with Crippen LogP contribution < -0.4 is 5.32 Å². The van der Waals surface area contributed by atoms with Crippen molar-refractivity contribution in [3.63, 3.8) is 0 Å². The molecule has 0 aliphatic heterocycles. The van der Waals surface area contributed by atoms with Crippen molar-refractivity contribution in [2.75, 3.05) is 26.8 Å². The molecule has 1 N–H and O–H groups in total. The molecule has 0 rings (SSSR count). The van der Waals surface area contributed by atoms with Gasteiger partial charge >= 0.3 is 0 Å². The summed E-state index contributed by atoms with van der Waals surface area (Å²) in [7, 11) is 1.75. The molecule has 0 amide bonds. The van der Waals surface area contributed by atoms with Gasteiger partial charge in [-0.3, -0.25) is 0 Å². The molecule has 0 saturated heterocycles. The molecule has 0 unspecified atom stereocenters.